The largest absolute Gasteiger partial charge is 0.508 e. The van der Waals surface area contributed by atoms with Crippen molar-refractivity contribution < 1.29 is 5.11 Å². The molecular weight excluding hydrogens is 174 g/mol. The Morgan fingerprint density at radius 3 is 2.50 bits per heavy atom. The van der Waals surface area contributed by atoms with Crippen LogP contribution < -0.4 is 5.73 Å². The van der Waals surface area contributed by atoms with Gasteiger partial charge in [0.25, 0.3) is 0 Å². The Hall–Kier alpha value is -0.730. The number of benzene rings is 1. The van der Waals surface area contributed by atoms with E-state index >= 15 is 0 Å². The van der Waals surface area contributed by atoms with Gasteiger partial charge in [-0.15, -0.1) is 0 Å². The van der Waals surface area contributed by atoms with Crippen LogP contribution in [0.15, 0.2) is 12.1 Å². The molecule has 0 aliphatic heterocycles. The predicted molar refractivity (Wildman–Crippen MR) is 50.5 cm³/mol. The van der Waals surface area contributed by atoms with Crippen molar-refractivity contribution in [1.29, 1.82) is 0 Å². The molecule has 1 atom stereocenters. The highest BCUT2D eigenvalue weighted by Gasteiger charge is 2.06. The quantitative estimate of drug-likeness (QED) is 0.706. The highest BCUT2D eigenvalue weighted by molar-refractivity contribution is 6.31. The molecule has 0 saturated carbocycles. The van der Waals surface area contributed by atoms with E-state index in [4.69, 9.17) is 17.3 Å². The summed E-state index contributed by atoms with van der Waals surface area (Å²) in [7, 11) is 0. The minimum atomic E-state index is -0.103. The Morgan fingerprint density at radius 2 is 2.08 bits per heavy atom. The number of rotatable bonds is 1. The standard InChI is InChI=1S/C9H12ClNO/c1-5-8(10)3-7(6(2)11)4-9(5)12/h3-4,6,12H,11H2,1-2H3. The van der Waals surface area contributed by atoms with E-state index in [1.54, 1.807) is 19.1 Å². The molecule has 66 valence electrons. The molecule has 0 fully saturated rings. The van der Waals surface area contributed by atoms with Crippen molar-refractivity contribution in [3.63, 3.8) is 0 Å². The van der Waals surface area contributed by atoms with Gasteiger partial charge in [0.15, 0.2) is 0 Å². The number of halogens is 1. The summed E-state index contributed by atoms with van der Waals surface area (Å²) in [5.41, 5.74) is 7.18. The van der Waals surface area contributed by atoms with Gasteiger partial charge in [-0.05, 0) is 31.5 Å². The molecule has 0 aromatic heterocycles. The molecule has 3 N–H and O–H groups in total. The van der Waals surface area contributed by atoms with Crippen LogP contribution in [0.1, 0.15) is 24.1 Å². The van der Waals surface area contributed by atoms with Gasteiger partial charge < -0.3 is 10.8 Å². The van der Waals surface area contributed by atoms with E-state index in [1.807, 2.05) is 6.92 Å². The third-order valence-corrected chi connectivity index (χ3v) is 2.26. The normalized spacial score (nSPS) is 13.0. The second-order valence-electron chi connectivity index (χ2n) is 2.94. The summed E-state index contributed by atoms with van der Waals surface area (Å²) in [6.07, 6.45) is 0. The molecule has 12 heavy (non-hydrogen) atoms. The maximum atomic E-state index is 9.39. The van der Waals surface area contributed by atoms with E-state index in [0.717, 1.165) is 5.56 Å². The van der Waals surface area contributed by atoms with E-state index in [2.05, 4.69) is 0 Å². The second kappa shape index (κ2) is 3.33. The molecular formula is C9H12ClNO. The molecule has 0 aliphatic carbocycles. The van der Waals surface area contributed by atoms with Crippen molar-refractivity contribution in [2.45, 2.75) is 19.9 Å². The summed E-state index contributed by atoms with van der Waals surface area (Å²) in [6, 6.07) is 3.32. The molecule has 1 unspecified atom stereocenters. The summed E-state index contributed by atoms with van der Waals surface area (Å²) in [6.45, 7) is 3.61. The SMILES string of the molecule is Cc1c(O)cc(C(C)N)cc1Cl. The molecule has 1 aromatic rings. The van der Waals surface area contributed by atoms with Crippen LogP contribution in [0.25, 0.3) is 0 Å². The molecule has 0 saturated heterocycles. The predicted octanol–water partition coefficient (Wildman–Crippen LogP) is 2.37. The van der Waals surface area contributed by atoms with Crippen molar-refractivity contribution >= 4 is 11.6 Å². The zero-order chi connectivity index (χ0) is 9.30. The lowest BCUT2D eigenvalue weighted by molar-refractivity contribution is 0.470. The number of hydrogen-bond acceptors (Lipinski definition) is 2. The summed E-state index contributed by atoms with van der Waals surface area (Å²) < 4.78 is 0. The summed E-state index contributed by atoms with van der Waals surface area (Å²) in [5.74, 6) is 0.204. The van der Waals surface area contributed by atoms with Gasteiger partial charge >= 0.3 is 0 Å². The molecule has 0 heterocycles. The fourth-order valence-corrected chi connectivity index (χ4v) is 1.17. The molecule has 0 bridgehead atoms. The first kappa shape index (κ1) is 9.36. The van der Waals surface area contributed by atoms with E-state index in [1.165, 1.54) is 0 Å². The van der Waals surface area contributed by atoms with Crippen molar-refractivity contribution in [1.82, 2.24) is 0 Å². The Labute approximate surface area is 77.0 Å². The molecule has 0 radical (unpaired) electrons. The van der Waals surface area contributed by atoms with Crippen LogP contribution in [-0.2, 0) is 0 Å². The second-order valence-corrected chi connectivity index (χ2v) is 3.34. The van der Waals surface area contributed by atoms with Crippen LogP contribution in [-0.4, -0.2) is 5.11 Å². The Bertz CT molecular complexity index is 274. The number of nitrogens with two attached hydrogens (primary N) is 1. The van der Waals surface area contributed by atoms with Gasteiger partial charge in [0.1, 0.15) is 5.75 Å². The minimum Gasteiger partial charge on any atom is -0.508 e. The van der Waals surface area contributed by atoms with Crippen LogP contribution in [0.5, 0.6) is 5.75 Å². The third-order valence-electron chi connectivity index (χ3n) is 1.87. The maximum absolute atomic E-state index is 9.39. The first-order valence-corrected chi connectivity index (χ1v) is 4.14. The lowest BCUT2D eigenvalue weighted by Crippen LogP contribution is -2.04. The Kier molecular flexibility index (Phi) is 2.60. The molecule has 0 spiro atoms. The van der Waals surface area contributed by atoms with Crippen molar-refractivity contribution in [2.75, 3.05) is 0 Å². The lowest BCUT2D eigenvalue weighted by atomic mass is 10.1. The van der Waals surface area contributed by atoms with Gasteiger partial charge in [-0.25, -0.2) is 0 Å². The fraction of sp³-hybridized carbons (Fsp3) is 0.333. The van der Waals surface area contributed by atoms with Crippen LogP contribution in [0.3, 0.4) is 0 Å². The monoisotopic (exact) mass is 185 g/mol. The molecule has 1 aromatic carbocycles. The number of hydrogen-bond donors (Lipinski definition) is 2. The van der Waals surface area contributed by atoms with Crippen molar-refractivity contribution in [2.24, 2.45) is 5.73 Å². The summed E-state index contributed by atoms with van der Waals surface area (Å²) >= 11 is 5.85. The fourth-order valence-electron chi connectivity index (χ4n) is 0.948. The zero-order valence-electron chi connectivity index (χ0n) is 7.13. The van der Waals surface area contributed by atoms with Crippen molar-refractivity contribution in [3.05, 3.63) is 28.3 Å². The molecule has 0 aliphatic rings. The van der Waals surface area contributed by atoms with Crippen LogP contribution >= 0.6 is 11.6 Å². The van der Waals surface area contributed by atoms with Gasteiger partial charge in [0.05, 0.1) is 0 Å². The zero-order valence-corrected chi connectivity index (χ0v) is 7.89. The lowest BCUT2D eigenvalue weighted by Gasteiger charge is -2.09. The summed E-state index contributed by atoms with van der Waals surface area (Å²) in [4.78, 5) is 0. The van der Waals surface area contributed by atoms with E-state index < -0.39 is 0 Å². The highest BCUT2D eigenvalue weighted by atomic mass is 35.5. The topological polar surface area (TPSA) is 46.2 Å². The van der Waals surface area contributed by atoms with Gasteiger partial charge in [-0.1, -0.05) is 11.6 Å². The van der Waals surface area contributed by atoms with Gasteiger partial charge in [0.2, 0.25) is 0 Å². The van der Waals surface area contributed by atoms with E-state index in [-0.39, 0.29) is 11.8 Å². The molecule has 1 rings (SSSR count). The number of phenols is 1. The molecule has 0 amide bonds. The number of phenolic OH excluding ortho intramolecular Hbond substituents is 1. The van der Waals surface area contributed by atoms with Crippen molar-refractivity contribution in [3.8, 4) is 5.75 Å². The maximum Gasteiger partial charge on any atom is 0.120 e. The minimum absolute atomic E-state index is 0.103. The van der Waals surface area contributed by atoms with Crippen LogP contribution in [0.2, 0.25) is 5.02 Å². The first-order chi connectivity index (χ1) is 5.52. The highest BCUT2D eigenvalue weighted by Crippen LogP contribution is 2.28. The van der Waals surface area contributed by atoms with Gasteiger partial charge in [-0.2, -0.15) is 0 Å². The molecule has 2 nitrogen and oxygen atoms in total. The average Bonchev–Trinajstić information content (AvgIpc) is 1.99. The van der Waals surface area contributed by atoms with Gasteiger partial charge in [0, 0.05) is 16.6 Å². The third kappa shape index (κ3) is 1.71. The van der Waals surface area contributed by atoms with E-state index in [9.17, 15) is 5.11 Å². The molecule has 3 heteroatoms. The Balaban J connectivity index is 3.21. The Morgan fingerprint density at radius 1 is 1.50 bits per heavy atom. The van der Waals surface area contributed by atoms with E-state index in [0.29, 0.717) is 10.6 Å². The average molecular weight is 186 g/mol. The number of aromatic hydroxyl groups is 1. The van der Waals surface area contributed by atoms with Gasteiger partial charge in [-0.3, -0.25) is 0 Å². The summed E-state index contributed by atoms with van der Waals surface area (Å²) in [5, 5.41) is 9.95. The van der Waals surface area contributed by atoms with Crippen LogP contribution in [0, 0.1) is 6.92 Å². The smallest absolute Gasteiger partial charge is 0.120 e. The first-order valence-electron chi connectivity index (χ1n) is 3.77. The van der Waals surface area contributed by atoms with Crippen LogP contribution in [0.4, 0.5) is 0 Å².